The molecule has 1 aliphatic heterocycles. The van der Waals surface area contributed by atoms with Crippen LogP contribution in [0.1, 0.15) is 0 Å². The first-order chi connectivity index (χ1) is 12.3. The lowest BCUT2D eigenvalue weighted by Gasteiger charge is -2.29. The van der Waals surface area contributed by atoms with E-state index in [0.29, 0.717) is 16.5 Å². The number of ether oxygens (including phenoxy) is 1. The van der Waals surface area contributed by atoms with E-state index < -0.39 is 16.8 Å². The van der Waals surface area contributed by atoms with Gasteiger partial charge in [-0.05, 0) is 30.3 Å². The van der Waals surface area contributed by atoms with Gasteiger partial charge in [-0.15, -0.1) is 0 Å². The van der Waals surface area contributed by atoms with Crippen LogP contribution in [0.2, 0.25) is 10.0 Å². The predicted molar refractivity (Wildman–Crippen MR) is 96.0 cm³/mol. The number of amides is 1. The molecule has 3 rings (SSSR count). The highest BCUT2D eigenvalue weighted by Gasteiger charge is 2.26. The molecule has 0 radical (unpaired) electrons. The molecule has 0 aromatic heterocycles. The van der Waals surface area contributed by atoms with Crippen molar-refractivity contribution in [3.8, 4) is 5.75 Å². The molecule has 26 heavy (non-hydrogen) atoms. The van der Waals surface area contributed by atoms with E-state index in [1.165, 1.54) is 17.0 Å². The van der Waals surface area contributed by atoms with Crippen molar-refractivity contribution in [1.29, 1.82) is 0 Å². The van der Waals surface area contributed by atoms with Crippen LogP contribution in [-0.4, -0.2) is 29.9 Å². The van der Waals surface area contributed by atoms with Crippen LogP contribution in [0.15, 0.2) is 36.4 Å². The van der Waals surface area contributed by atoms with Gasteiger partial charge in [-0.25, -0.2) is 4.79 Å². The van der Waals surface area contributed by atoms with Crippen LogP contribution in [0.5, 0.6) is 5.75 Å². The lowest BCUT2D eigenvalue weighted by Crippen LogP contribution is -2.41. The van der Waals surface area contributed by atoms with E-state index in [2.05, 4.69) is 5.32 Å². The Kier molecular flexibility index (Phi) is 4.97. The average Bonchev–Trinajstić information content (AvgIpc) is 2.57. The van der Waals surface area contributed by atoms with Gasteiger partial charge in [0.1, 0.15) is 11.6 Å². The molecule has 134 valence electrons. The van der Waals surface area contributed by atoms with Crippen molar-refractivity contribution in [2.75, 3.05) is 23.3 Å². The molecule has 0 bridgehead atoms. The van der Waals surface area contributed by atoms with Gasteiger partial charge in [0.2, 0.25) is 5.91 Å². The predicted octanol–water partition coefficient (Wildman–Crippen LogP) is 3.27. The van der Waals surface area contributed by atoms with E-state index >= 15 is 0 Å². The molecule has 1 N–H and O–H groups in total. The topological polar surface area (TPSA) is 102 Å². The molecule has 0 fully saturated rings. The molecule has 2 aromatic carbocycles. The Morgan fingerprint density at radius 1 is 1.27 bits per heavy atom. The lowest BCUT2D eigenvalue weighted by molar-refractivity contribution is -0.384. The van der Waals surface area contributed by atoms with Crippen molar-refractivity contribution < 1.29 is 19.2 Å². The molecule has 0 atom stereocenters. The van der Waals surface area contributed by atoms with E-state index in [0.717, 1.165) is 6.07 Å². The van der Waals surface area contributed by atoms with Crippen molar-refractivity contribution in [2.24, 2.45) is 0 Å². The molecule has 2 aromatic rings. The Morgan fingerprint density at radius 3 is 2.77 bits per heavy atom. The first-order valence-electron chi connectivity index (χ1n) is 7.32. The molecule has 1 aliphatic rings. The summed E-state index contributed by atoms with van der Waals surface area (Å²) in [6.07, 6.45) is 0. The van der Waals surface area contributed by atoms with Gasteiger partial charge >= 0.3 is 5.97 Å². The SMILES string of the molecule is O=C(CN1CC(=O)Oc2ccc(Cl)cc21)Nc1ccc(Cl)c([N+](=O)[O-])c1. The second-order valence-electron chi connectivity index (χ2n) is 5.41. The molecule has 1 heterocycles. The quantitative estimate of drug-likeness (QED) is 0.368. The Morgan fingerprint density at radius 2 is 2.04 bits per heavy atom. The number of fused-ring (bicyclic) bond motifs is 1. The summed E-state index contributed by atoms with van der Waals surface area (Å²) in [7, 11) is 0. The van der Waals surface area contributed by atoms with Gasteiger partial charge in [-0.2, -0.15) is 0 Å². The lowest BCUT2D eigenvalue weighted by atomic mass is 10.2. The van der Waals surface area contributed by atoms with E-state index in [1.54, 1.807) is 18.2 Å². The summed E-state index contributed by atoms with van der Waals surface area (Å²) < 4.78 is 5.11. The minimum atomic E-state index is -0.642. The monoisotopic (exact) mass is 395 g/mol. The zero-order valence-corrected chi connectivity index (χ0v) is 14.6. The molecule has 0 unspecified atom stereocenters. The van der Waals surface area contributed by atoms with Gasteiger partial charge in [0.05, 0.1) is 17.2 Å². The molecule has 0 aliphatic carbocycles. The minimum absolute atomic E-state index is 0.0321. The standard InChI is InChI=1S/C16H11Cl2N3O5/c17-9-1-4-14-13(5-9)20(8-16(23)26-14)7-15(22)19-10-2-3-11(18)12(6-10)21(24)25/h1-6H,7-8H2,(H,19,22). The Bertz CT molecular complexity index is 919. The van der Waals surface area contributed by atoms with Crippen LogP contribution in [0, 0.1) is 10.1 Å². The number of nitrogens with one attached hydrogen (secondary N) is 1. The fraction of sp³-hybridized carbons (Fsp3) is 0.125. The van der Waals surface area contributed by atoms with Crippen molar-refractivity contribution in [2.45, 2.75) is 0 Å². The van der Waals surface area contributed by atoms with Gasteiger partial charge < -0.3 is 15.0 Å². The van der Waals surface area contributed by atoms with Gasteiger partial charge in [0.15, 0.2) is 5.75 Å². The maximum atomic E-state index is 12.3. The summed E-state index contributed by atoms with van der Waals surface area (Å²) in [6.45, 7) is -0.291. The average molecular weight is 396 g/mol. The summed E-state index contributed by atoms with van der Waals surface area (Å²) in [6, 6.07) is 8.64. The van der Waals surface area contributed by atoms with Crippen molar-refractivity contribution in [3.63, 3.8) is 0 Å². The van der Waals surface area contributed by atoms with Crippen molar-refractivity contribution in [3.05, 3.63) is 56.6 Å². The molecular weight excluding hydrogens is 385 g/mol. The normalized spacial score (nSPS) is 13.0. The first-order valence-corrected chi connectivity index (χ1v) is 8.08. The molecule has 10 heteroatoms. The number of benzene rings is 2. The fourth-order valence-corrected chi connectivity index (χ4v) is 2.82. The number of nitrogens with zero attached hydrogens (tertiary/aromatic N) is 2. The molecule has 0 spiro atoms. The second-order valence-corrected chi connectivity index (χ2v) is 6.26. The maximum Gasteiger partial charge on any atom is 0.331 e. The van der Waals surface area contributed by atoms with Crippen LogP contribution >= 0.6 is 23.2 Å². The summed E-state index contributed by atoms with van der Waals surface area (Å²) in [4.78, 5) is 35.8. The fourth-order valence-electron chi connectivity index (χ4n) is 2.47. The second kappa shape index (κ2) is 7.19. The molecule has 0 saturated heterocycles. The molecular formula is C16H11Cl2N3O5. The number of halogens is 2. The third-order valence-electron chi connectivity index (χ3n) is 3.57. The maximum absolute atomic E-state index is 12.3. The smallest absolute Gasteiger partial charge is 0.331 e. The zero-order chi connectivity index (χ0) is 18.8. The highest BCUT2D eigenvalue weighted by atomic mass is 35.5. The highest BCUT2D eigenvalue weighted by molar-refractivity contribution is 6.32. The summed E-state index contributed by atoms with van der Waals surface area (Å²) in [5, 5.41) is 13.9. The number of hydrogen-bond donors (Lipinski definition) is 1. The molecule has 8 nitrogen and oxygen atoms in total. The van der Waals surface area contributed by atoms with E-state index in [1.807, 2.05) is 0 Å². The number of hydrogen-bond acceptors (Lipinski definition) is 6. The third kappa shape index (κ3) is 3.87. The third-order valence-corrected chi connectivity index (χ3v) is 4.12. The van der Waals surface area contributed by atoms with Crippen LogP contribution in [0.3, 0.4) is 0 Å². The number of carbonyl (C=O) groups is 2. The van der Waals surface area contributed by atoms with Crippen LogP contribution < -0.4 is 15.0 Å². The van der Waals surface area contributed by atoms with Gasteiger partial charge in [-0.1, -0.05) is 23.2 Å². The number of nitro benzene ring substituents is 1. The van der Waals surface area contributed by atoms with Crippen LogP contribution in [-0.2, 0) is 9.59 Å². The minimum Gasteiger partial charge on any atom is -0.423 e. The summed E-state index contributed by atoms with van der Waals surface area (Å²) in [5.74, 6) is -0.669. The highest BCUT2D eigenvalue weighted by Crippen LogP contribution is 2.34. The van der Waals surface area contributed by atoms with E-state index in [9.17, 15) is 19.7 Å². The largest absolute Gasteiger partial charge is 0.423 e. The van der Waals surface area contributed by atoms with Gasteiger partial charge in [-0.3, -0.25) is 14.9 Å². The number of anilines is 2. The van der Waals surface area contributed by atoms with Gasteiger partial charge in [0, 0.05) is 16.8 Å². The number of rotatable bonds is 4. The Labute approximate surface area is 157 Å². The zero-order valence-electron chi connectivity index (χ0n) is 13.1. The first kappa shape index (κ1) is 18.0. The Hall–Kier alpha value is -2.84. The molecule has 0 saturated carbocycles. The van der Waals surface area contributed by atoms with E-state index in [-0.39, 0.29) is 29.5 Å². The molecule has 1 amide bonds. The number of nitro groups is 1. The number of esters is 1. The van der Waals surface area contributed by atoms with Crippen LogP contribution in [0.4, 0.5) is 17.1 Å². The van der Waals surface area contributed by atoms with Crippen molar-refractivity contribution in [1.82, 2.24) is 0 Å². The Balaban J connectivity index is 1.77. The van der Waals surface area contributed by atoms with E-state index in [4.69, 9.17) is 27.9 Å². The van der Waals surface area contributed by atoms with Crippen molar-refractivity contribution >= 4 is 52.1 Å². The number of carbonyl (C=O) groups excluding carboxylic acids is 2. The summed E-state index contributed by atoms with van der Waals surface area (Å²) in [5.41, 5.74) is 0.412. The van der Waals surface area contributed by atoms with Gasteiger partial charge in [0.25, 0.3) is 5.69 Å². The summed E-state index contributed by atoms with van der Waals surface area (Å²) >= 11 is 11.7. The van der Waals surface area contributed by atoms with Crippen LogP contribution in [0.25, 0.3) is 0 Å².